The van der Waals surface area contributed by atoms with E-state index in [-0.39, 0.29) is 17.5 Å². The van der Waals surface area contributed by atoms with E-state index in [1.165, 1.54) is 35.2 Å². The van der Waals surface area contributed by atoms with Gasteiger partial charge in [0.25, 0.3) is 0 Å². The van der Waals surface area contributed by atoms with Gasteiger partial charge >= 0.3 is 0 Å². The van der Waals surface area contributed by atoms with Crippen LogP contribution in [-0.4, -0.2) is 21.9 Å². The molecule has 5 nitrogen and oxygen atoms in total. The van der Waals surface area contributed by atoms with Crippen molar-refractivity contribution >= 4 is 51.4 Å². The average molecular weight is 409 g/mol. The Morgan fingerprint density at radius 1 is 1.19 bits per heavy atom. The maximum Gasteiger partial charge on any atom is 0.230 e. The van der Waals surface area contributed by atoms with Crippen molar-refractivity contribution in [2.24, 2.45) is 0 Å². The number of amides is 1. The lowest BCUT2D eigenvalue weighted by molar-refractivity contribution is -0.118. The lowest BCUT2D eigenvalue weighted by Gasteiger charge is -2.05. The molecule has 0 radical (unpaired) electrons. The van der Waals surface area contributed by atoms with E-state index in [2.05, 4.69) is 20.8 Å². The average Bonchev–Trinajstić information content (AvgIpc) is 3.07. The highest BCUT2D eigenvalue weighted by Crippen LogP contribution is 2.27. The van der Waals surface area contributed by atoms with Gasteiger partial charge in [-0.25, -0.2) is 4.39 Å². The number of rotatable bonds is 7. The highest BCUT2D eigenvalue weighted by Gasteiger charge is 2.09. The lowest BCUT2D eigenvalue weighted by Crippen LogP contribution is -2.24. The second kappa shape index (κ2) is 8.98. The van der Waals surface area contributed by atoms with E-state index in [1.807, 2.05) is 18.2 Å². The molecule has 0 saturated heterocycles. The van der Waals surface area contributed by atoms with Gasteiger partial charge in [0.2, 0.25) is 11.0 Å². The number of nitrogens with zero attached hydrogens (tertiary/aromatic N) is 2. The van der Waals surface area contributed by atoms with E-state index >= 15 is 0 Å². The first kappa shape index (κ1) is 18.6. The Kier molecular flexibility index (Phi) is 6.43. The zero-order valence-electron chi connectivity index (χ0n) is 13.4. The van der Waals surface area contributed by atoms with Crippen LogP contribution in [0.1, 0.15) is 5.56 Å². The predicted molar refractivity (Wildman–Crippen MR) is 104 cm³/mol. The zero-order chi connectivity index (χ0) is 18.4. The van der Waals surface area contributed by atoms with Gasteiger partial charge in [0.15, 0.2) is 4.34 Å². The molecule has 134 valence electrons. The van der Waals surface area contributed by atoms with Crippen molar-refractivity contribution in [3.63, 3.8) is 0 Å². The van der Waals surface area contributed by atoms with E-state index in [4.69, 9.17) is 11.6 Å². The van der Waals surface area contributed by atoms with Crippen molar-refractivity contribution in [1.82, 2.24) is 15.5 Å². The second-order valence-corrected chi connectivity index (χ2v) is 7.77. The Balaban J connectivity index is 1.47. The first-order chi connectivity index (χ1) is 12.6. The lowest BCUT2D eigenvalue weighted by atomic mass is 10.2. The third kappa shape index (κ3) is 5.42. The zero-order valence-corrected chi connectivity index (χ0v) is 15.8. The molecule has 0 bridgehead atoms. The monoisotopic (exact) mass is 408 g/mol. The van der Waals surface area contributed by atoms with Crippen LogP contribution in [0.4, 0.5) is 15.2 Å². The quantitative estimate of drug-likeness (QED) is 0.564. The molecular weight excluding hydrogens is 395 g/mol. The third-order valence-corrected chi connectivity index (χ3v) is 5.58. The van der Waals surface area contributed by atoms with Crippen molar-refractivity contribution in [2.45, 2.75) is 10.9 Å². The summed E-state index contributed by atoms with van der Waals surface area (Å²) in [6.07, 6.45) is 0. The Labute approximate surface area is 163 Å². The molecule has 9 heteroatoms. The van der Waals surface area contributed by atoms with Gasteiger partial charge in [0.05, 0.1) is 5.75 Å². The fraction of sp³-hybridized carbons (Fsp3) is 0.118. The standard InChI is InChI=1S/C17H14ClFN4OS2/c18-14-7-2-1-4-11(14)9-20-15(24)10-25-17-23-22-16(26-17)21-13-6-3-5-12(19)8-13/h1-8H,9-10H2,(H,20,24)(H,21,22). The van der Waals surface area contributed by atoms with E-state index < -0.39 is 0 Å². The number of benzene rings is 2. The molecule has 2 aromatic carbocycles. The van der Waals surface area contributed by atoms with Crippen molar-refractivity contribution < 1.29 is 9.18 Å². The SMILES string of the molecule is O=C(CSc1nnc(Nc2cccc(F)c2)s1)NCc1ccccc1Cl. The second-order valence-electron chi connectivity index (χ2n) is 5.17. The number of carbonyl (C=O) groups is 1. The Hall–Kier alpha value is -2.16. The van der Waals surface area contributed by atoms with Crippen LogP contribution in [0.3, 0.4) is 0 Å². The molecule has 1 heterocycles. The van der Waals surface area contributed by atoms with Gasteiger partial charge in [-0.3, -0.25) is 4.79 Å². The summed E-state index contributed by atoms with van der Waals surface area (Å²) in [5.74, 6) is -0.229. The number of thioether (sulfide) groups is 1. The number of hydrogen-bond acceptors (Lipinski definition) is 6. The molecule has 0 fully saturated rings. The molecule has 1 amide bonds. The molecule has 0 spiro atoms. The van der Waals surface area contributed by atoms with Crippen LogP contribution in [0, 0.1) is 5.82 Å². The van der Waals surface area contributed by atoms with E-state index in [9.17, 15) is 9.18 Å². The van der Waals surface area contributed by atoms with Gasteiger partial charge < -0.3 is 10.6 Å². The summed E-state index contributed by atoms with van der Waals surface area (Å²) < 4.78 is 13.8. The molecule has 0 saturated carbocycles. The minimum absolute atomic E-state index is 0.121. The summed E-state index contributed by atoms with van der Waals surface area (Å²) in [6, 6.07) is 13.4. The largest absolute Gasteiger partial charge is 0.351 e. The van der Waals surface area contributed by atoms with Gasteiger partial charge in [0.1, 0.15) is 5.82 Å². The molecule has 2 N–H and O–H groups in total. The van der Waals surface area contributed by atoms with Crippen molar-refractivity contribution in [1.29, 1.82) is 0 Å². The van der Waals surface area contributed by atoms with Gasteiger partial charge in [-0.05, 0) is 29.8 Å². The minimum atomic E-state index is -0.329. The normalized spacial score (nSPS) is 10.5. The summed E-state index contributed by atoms with van der Waals surface area (Å²) in [7, 11) is 0. The van der Waals surface area contributed by atoms with Crippen LogP contribution < -0.4 is 10.6 Å². The van der Waals surface area contributed by atoms with Crippen LogP contribution in [0.15, 0.2) is 52.9 Å². The number of halogens is 2. The van der Waals surface area contributed by atoms with Crippen LogP contribution in [0.5, 0.6) is 0 Å². The van der Waals surface area contributed by atoms with E-state index in [0.717, 1.165) is 5.56 Å². The molecule has 26 heavy (non-hydrogen) atoms. The minimum Gasteiger partial charge on any atom is -0.351 e. The highest BCUT2D eigenvalue weighted by molar-refractivity contribution is 8.01. The smallest absolute Gasteiger partial charge is 0.230 e. The number of carbonyl (C=O) groups excluding carboxylic acids is 1. The number of nitrogens with one attached hydrogen (secondary N) is 2. The topological polar surface area (TPSA) is 66.9 Å². The van der Waals surface area contributed by atoms with Crippen molar-refractivity contribution in [3.05, 3.63) is 64.9 Å². The first-order valence-corrected chi connectivity index (χ1v) is 9.77. The highest BCUT2D eigenvalue weighted by atomic mass is 35.5. The van der Waals surface area contributed by atoms with Crippen molar-refractivity contribution in [2.75, 3.05) is 11.1 Å². The Morgan fingerprint density at radius 3 is 2.85 bits per heavy atom. The number of hydrogen-bond donors (Lipinski definition) is 2. The molecule has 0 unspecified atom stereocenters. The third-order valence-electron chi connectivity index (χ3n) is 3.24. The fourth-order valence-corrected chi connectivity index (χ4v) is 3.83. The summed E-state index contributed by atoms with van der Waals surface area (Å²) in [5.41, 5.74) is 1.46. The van der Waals surface area contributed by atoms with Crippen LogP contribution in [0.25, 0.3) is 0 Å². The number of anilines is 2. The molecular formula is C17H14ClFN4OS2. The molecule has 0 atom stereocenters. The van der Waals surface area contributed by atoms with Crippen LogP contribution >= 0.6 is 34.7 Å². The van der Waals surface area contributed by atoms with Gasteiger partial charge in [-0.2, -0.15) is 0 Å². The van der Waals surface area contributed by atoms with E-state index in [0.29, 0.717) is 26.7 Å². The molecule has 0 aliphatic heterocycles. The summed E-state index contributed by atoms with van der Waals surface area (Å²) >= 11 is 8.64. The summed E-state index contributed by atoms with van der Waals surface area (Å²) in [5, 5.41) is 15.0. The van der Waals surface area contributed by atoms with Crippen LogP contribution in [-0.2, 0) is 11.3 Å². The predicted octanol–water partition coefficient (Wildman–Crippen LogP) is 4.48. The molecule has 0 aliphatic rings. The number of aromatic nitrogens is 2. The maximum atomic E-state index is 13.2. The van der Waals surface area contributed by atoms with Crippen molar-refractivity contribution in [3.8, 4) is 0 Å². The summed E-state index contributed by atoms with van der Waals surface area (Å²) in [4.78, 5) is 12.0. The van der Waals surface area contributed by atoms with Crippen LogP contribution in [0.2, 0.25) is 5.02 Å². The Morgan fingerprint density at radius 2 is 2.04 bits per heavy atom. The maximum absolute atomic E-state index is 13.2. The van der Waals surface area contributed by atoms with Gasteiger partial charge in [0, 0.05) is 17.3 Å². The molecule has 3 rings (SSSR count). The van der Waals surface area contributed by atoms with Gasteiger partial charge in [-0.15, -0.1) is 10.2 Å². The van der Waals surface area contributed by atoms with Gasteiger partial charge in [-0.1, -0.05) is 59.0 Å². The fourth-order valence-electron chi connectivity index (χ4n) is 2.02. The Bertz CT molecular complexity index is 906. The molecule has 0 aliphatic carbocycles. The molecule has 3 aromatic rings. The van der Waals surface area contributed by atoms with E-state index in [1.54, 1.807) is 18.2 Å². The molecule has 1 aromatic heterocycles. The first-order valence-electron chi connectivity index (χ1n) is 7.59. The summed E-state index contributed by atoms with van der Waals surface area (Å²) in [6.45, 7) is 0.377.